The maximum atomic E-state index is 13.7. The lowest BCUT2D eigenvalue weighted by Crippen LogP contribution is -2.12. The molecule has 1 atom stereocenters. The van der Waals surface area contributed by atoms with Gasteiger partial charge in [0.25, 0.3) is 0 Å². The molecule has 126 valence electrons. The molecule has 3 nitrogen and oxygen atoms in total. The summed E-state index contributed by atoms with van der Waals surface area (Å²) in [5.74, 6) is -1.82. The Labute approximate surface area is 145 Å². The van der Waals surface area contributed by atoms with E-state index in [1.807, 2.05) is 0 Å². The van der Waals surface area contributed by atoms with E-state index in [1.54, 1.807) is 6.07 Å². The molecule has 1 aliphatic heterocycles. The Hall–Kier alpha value is -2.02. The zero-order valence-corrected chi connectivity index (χ0v) is 14.0. The first-order chi connectivity index (χ1) is 11.5. The summed E-state index contributed by atoms with van der Waals surface area (Å²) in [6, 6.07) is 7.79. The van der Waals surface area contributed by atoms with Crippen LogP contribution in [0.3, 0.4) is 0 Å². The van der Waals surface area contributed by atoms with E-state index in [1.165, 1.54) is 18.2 Å². The predicted octanol–water partition coefficient (Wildman–Crippen LogP) is 4.48. The van der Waals surface area contributed by atoms with Gasteiger partial charge in [0.15, 0.2) is 11.6 Å². The molecule has 24 heavy (non-hydrogen) atoms. The zero-order chi connectivity index (χ0) is 17.1. The molecule has 0 aliphatic carbocycles. The van der Waals surface area contributed by atoms with Gasteiger partial charge in [0, 0.05) is 10.9 Å². The molecule has 0 bridgehead atoms. The van der Waals surface area contributed by atoms with Crippen molar-refractivity contribution >= 4 is 21.8 Å². The SMILES string of the molecule is Fc1cc(Br)ccc1OCCC1COC(c2c(F)cccc2F)=N1. The maximum absolute atomic E-state index is 13.7. The lowest BCUT2D eigenvalue weighted by atomic mass is 10.2. The van der Waals surface area contributed by atoms with Crippen LogP contribution >= 0.6 is 15.9 Å². The van der Waals surface area contributed by atoms with Crippen LogP contribution in [0.4, 0.5) is 13.2 Å². The highest BCUT2D eigenvalue weighted by Gasteiger charge is 2.25. The average molecular weight is 400 g/mol. The summed E-state index contributed by atoms with van der Waals surface area (Å²) in [5, 5.41) is 0. The fourth-order valence-corrected chi connectivity index (χ4v) is 2.63. The molecule has 0 amide bonds. The van der Waals surface area contributed by atoms with Crippen LogP contribution in [0.25, 0.3) is 0 Å². The van der Waals surface area contributed by atoms with Gasteiger partial charge in [-0.25, -0.2) is 18.2 Å². The van der Waals surface area contributed by atoms with Crippen LogP contribution < -0.4 is 4.74 Å². The van der Waals surface area contributed by atoms with E-state index in [-0.39, 0.29) is 36.5 Å². The van der Waals surface area contributed by atoms with Gasteiger partial charge in [0.05, 0.1) is 12.6 Å². The second-order valence-electron chi connectivity index (χ2n) is 5.21. The first-order valence-electron chi connectivity index (χ1n) is 7.27. The van der Waals surface area contributed by atoms with E-state index in [2.05, 4.69) is 20.9 Å². The van der Waals surface area contributed by atoms with Gasteiger partial charge in [-0.15, -0.1) is 0 Å². The number of aliphatic imine (C=N–C) groups is 1. The van der Waals surface area contributed by atoms with Crippen molar-refractivity contribution < 1.29 is 22.6 Å². The van der Waals surface area contributed by atoms with Crippen molar-refractivity contribution in [2.45, 2.75) is 12.5 Å². The number of hydrogen-bond acceptors (Lipinski definition) is 3. The summed E-state index contributed by atoms with van der Waals surface area (Å²) >= 11 is 3.17. The molecule has 0 spiro atoms. The van der Waals surface area contributed by atoms with Crippen molar-refractivity contribution in [2.24, 2.45) is 4.99 Å². The van der Waals surface area contributed by atoms with Crippen molar-refractivity contribution in [3.05, 3.63) is 63.9 Å². The largest absolute Gasteiger partial charge is 0.490 e. The number of rotatable bonds is 5. The molecule has 1 unspecified atom stereocenters. The van der Waals surface area contributed by atoms with E-state index in [0.717, 1.165) is 12.1 Å². The molecule has 2 aromatic carbocycles. The minimum absolute atomic E-state index is 0.0505. The molecular formula is C17H13BrF3NO2. The quantitative estimate of drug-likeness (QED) is 0.741. The van der Waals surface area contributed by atoms with Crippen molar-refractivity contribution in [1.82, 2.24) is 0 Å². The highest BCUT2D eigenvalue weighted by atomic mass is 79.9. The van der Waals surface area contributed by atoms with Crippen LogP contribution in [0, 0.1) is 17.5 Å². The number of halogens is 4. The van der Waals surface area contributed by atoms with E-state index in [0.29, 0.717) is 10.9 Å². The van der Waals surface area contributed by atoms with Crippen molar-refractivity contribution in [3.8, 4) is 5.75 Å². The highest BCUT2D eigenvalue weighted by Crippen LogP contribution is 2.23. The molecule has 0 radical (unpaired) electrons. The molecule has 1 heterocycles. The first kappa shape index (κ1) is 16.8. The fraction of sp³-hybridized carbons (Fsp3) is 0.235. The van der Waals surface area contributed by atoms with Crippen LogP contribution in [-0.4, -0.2) is 25.2 Å². The number of benzene rings is 2. The standard InChI is InChI=1S/C17H13BrF3NO2/c18-10-4-5-15(14(21)8-10)23-7-6-11-9-24-17(22-11)16-12(19)2-1-3-13(16)20/h1-5,8,11H,6-7,9H2. The van der Waals surface area contributed by atoms with E-state index >= 15 is 0 Å². The summed E-state index contributed by atoms with van der Waals surface area (Å²) < 4.78 is 52.3. The molecule has 2 aromatic rings. The third kappa shape index (κ3) is 3.72. The third-order valence-corrected chi connectivity index (χ3v) is 3.98. The monoisotopic (exact) mass is 399 g/mol. The van der Waals surface area contributed by atoms with Gasteiger partial charge in [-0.2, -0.15) is 0 Å². The molecule has 1 aliphatic rings. The van der Waals surface area contributed by atoms with Crippen molar-refractivity contribution in [3.63, 3.8) is 0 Å². The topological polar surface area (TPSA) is 30.8 Å². The third-order valence-electron chi connectivity index (χ3n) is 3.49. The predicted molar refractivity (Wildman–Crippen MR) is 86.8 cm³/mol. The maximum Gasteiger partial charge on any atom is 0.222 e. The fourth-order valence-electron chi connectivity index (χ4n) is 2.30. The molecule has 0 saturated carbocycles. The lowest BCUT2D eigenvalue weighted by Gasteiger charge is -2.09. The molecule has 0 saturated heterocycles. The minimum Gasteiger partial charge on any atom is -0.490 e. The van der Waals surface area contributed by atoms with Gasteiger partial charge in [0.1, 0.15) is 23.8 Å². The van der Waals surface area contributed by atoms with Crippen molar-refractivity contribution in [2.75, 3.05) is 13.2 Å². The smallest absolute Gasteiger partial charge is 0.222 e. The highest BCUT2D eigenvalue weighted by molar-refractivity contribution is 9.10. The van der Waals surface area contributed by atoms with Gasteiger partial charge < -0.3 is 9.47 Å². The van der Waals surface area contributed by atoms with Gasteiger partial charge >= 0.3 is 0 Å². The number of ether oxygens (including phenoxy) is 2. The molecule has 3 rings (SSSR count). The second kappa shape index (κ2) is 7.25. The molecule has 7 heteroatoms. The number of nitrogens with zero attached hydrogens (tertiary/aromatic N) is 1. The molecular weight excluding hydrogens is 387 g/mol. The van der Waals surface area contributed by atoms with Crippen LogP contribution in [0.5, 0.6) is 5.75 Å². The van der Waals surface area contributed by atoms with Gasteiger partial charge in [-0.05, 0) is 30.3 Å². The van der Waals surface area contributed by atoms with E-state index in [4.69, 9.17) is 9.47 Å². The summed E-state index contributed by atoms with van der Waals surface area (Å²) in [4.78, 5) is 4.18. The van der Waals surface area contributed by atoms with Crippen LogP contribution in [-0.2, 0) is 4.74 Å². The van der Waals surface area contributed by atoms with Crippen molar-refractivity contribution in [1.29, 1.82) is 0 Å². The lowest BCUT2D eigenvalue weighted by molar-refractivity contribution is 0.257. The zero-order valence-electron chi connectivity index (χ0n) is 12.4. The normalized spacial score (nSPS) is 16.7. The van der Waals surface area contributed by atoms with Crippen LogP contribution in [0.1, 0.15) is 12.0 Å². The van der Waals surface area contributed by atoms with Crippen LogP contribution in [0.15, 0.2) is 45.9 Å². The van der Waals surface area contributed by atoms with E-state index in [9.17, 15) is 13.2 Å². The molecule has 0 N–H and O–H groups in total. The van der Waals surface area contributed by atoms with Gasteiger partial charge in [-0.3, -0.25) is 0 Å². The summed E-state index contributed by atoms with van der Waals surface area (Å²) in [6.45, 7) is 0.415. The Morgan fingerprint density at radius 1 is 1.12 bits per heavy atom. The summed E-state index contributed by atoms with van der Waals surface area (Å²) in [5.41, 5.74) is -0.264. The molecule has 0 fully saturated rings. The Morgan fingerprint density at radius 3 is 2.58 bits per heavy atom. The summed E-state index contributed by atoms with van der Waals surface area (Å²) in [6.07, 6.45) is 0.440. The first-order valence-corrected chi connectivity index (χ1v) is 8.06. The van der Waals surface area contributed by atoms with E-state index < -0.39 is 17.5 Å². The Balaban J connectivity index is 1.60. The van der Waals surface area contributed by atoms with Gasteiger partial charge in [0.2, 0.25) is 5.90 Å². The second-order valence-corrected chi connectivity index (χ2v) is 6.12. The minimum atomic E-state index is -0.720. The van der Waals surface area contributed by atoms with Gasteiger partial charge in [-0.1, -0.05) is 22.0 Å². The summed E-state index contributed by atoms with van der Waals surface area (Å²) in [7, 11) is 0. The molecule has 0 aromatic heterocycles. The number of hydrogen-bond donors (Lipinski definition) is 0. The van der Waals surface area contributed by atoms with Crippen LogP contribution in [0.2, 0.25) is 0 Å². The Morgan fingerprint density at radius 2 is 1.88 bits per heavy atom. The average Bonchev–Trinajstić information content (AvgIpc) is 2.98. The Kier molecular flexibility index (Phi) is 5.08. The Bertz CT molecular complexity index is 762.